The highest BCUT2D eigenvalue weighted by atomic mass is 16.5. The Morgan fingerprint density at radius 3 is 2.46 bits per heavy atom. The van der Waals surface area contributed by atoms with Gasteiger partial charge in [-0.3, -0.25) is 9.59 Å². The van der Waals surface area contributed by atoms with E-state index in [0.717, 1.165) is 5.56 Å². The molecule has 0 bridgehead atoms. The first kappa shape index (κ1) is 17.5. The molecule has 5 heteroatoms. The maximum atomic E-state index is 12.2. The first-order valence-corrected chi connectivity index (χ1v) is 7.67. The van der Waals surface area contributed by atoms with Gasteiger partial charge in [-0.15, -0.1) is 0 Å². The average Bonchev–Trinajstić information content (AvgIpc) is 2.60. The van der Waals surface area contributed by atoms with E-state index in [1.165, 1.54) is 7.11 Å². The maximum absolute atomic E-state index is 12.2. The quantitative estimate of drug-likeness (QED) is 0.422. The van der Waals surface area contributed by atoms with E-state index in [4.69, 9.17) is 14.2 Å². The summed E-state index contributed by atoms with van der Waals surface area (Å²) in [6.45, 7) is 2.36. The molecule has 0 amide bonds. The lowest BCUT2D eigenvalue weighted by atomic mass is 10.1. The molecular weight excluding hydrogens is 308 g/mol. The van der Waals surface area contributed by atoms with Crippen molar-refractivity contribution in [3.63, 3.8) is 0 Å². The number of benzene rings is 2. The summed E-state index contributed by atoms with van der Waals surface area (Å²) in [5.74, 6) is 0.0621. The van der Waals surface area contributed by atoms with E-state index in [1.807, 2.05) is 30.3 Å². The molecule has 0 aliphatic carbocycles. The van der Waals surface area contributed by atoms with Crippen molar-refractivity contribution < 1.29 is 23.8 Å². The van der Waals surface area contributed by atoms with E-state index in [9.17, 15) is 9.59 Å². The van der Waals surface area contributed by atoms with Gasteiger partial charge in [0, 0.05) is 6.07 Å². The Hall–Kier alpha value is -2.82. The van der Waals surface area contributed by atoms with Crippen molar-refractivity contribution in [3.8, 4) is 11.5 Å². The van der Waals surface area contributed by atoms with E-state index in [1.54, 1.807) is 25.1 Å². The van der Waals surface area contributed by atoms with Gasteiger partial charge < -0.3 is 14.2 Å². The minimum Gasteiger partial charge on any atom is -0.496 e. The molecule has 0 aliphatic rings. The predicted octanol–water partition coefficient (Wildman–Crippen LogP) is 3.41. The monoisotopic (exact) mass is 328 g/mol. The minimum absolute atomic E-state index is 0.246. The van der Waals surface area contributed by atoms with Crippen molar-refractivity contribution in [1.29, 1.82) is 0 Å². The number of carbonyl (C=O) groups excluding carboxylic acids is 2. The first-order valence-electron chi connectivity index (χ1n) is 7.67. The highest BCUT2D eigenvalue weighted by molar-refractivity contribution is 6.07. The van der Waals surface area contributed by atoms with E-state index in [0.29, 0.717) is 23.7 Å². The summed E-state index contributed by atoms with van der Waals surface area (Å²) in [6, 6.07) is 14.7. The summed E-state index contributed by atoms with van der Waals surface area (Å²) in [6.07, 6.45) is -0.311. The molecule has 0 aromatic heterocycles. The van der Waals surface area contributed by atoms with Gasteiger partial charge in [0.2, 0.25) is 0 Å². The number of hydrogen-bond acceptors (Lipinski definition) is 5. The fourth-order valence-electron chi connectivity index (χ4n) is 2.17. The molecule has 0 saturated carbocycles. The van der Waals surface area contributed by atoms with Crippen LogP contribution in [-0.2, 0) is 16.1 Å². The number of hydrogen-bond donors (Lipinski definition) is 0. The summed E-state index contributed by atoms with van der Waals surface area (Å²) in [5.41, 5.74) is 1.37. The zero-order chi connectivity index (χ0) is 17.4. The second kappa shape index (κ2) is 8.72. The third kappa shape index (κ3) is 4.84. The highest BCUT2D eigenvalue weighted by Crippen LogP contribution is 2.26. The maximum Gasteiger partial charge on any atom is 0.313 e. The van der Waals surface area contributed by atoms with Crippen molar-refractivity contribution in [2.45, 2.75) is 20.0 Å². The van der Waals surface area contributed by atoms with Gasteiger partial charge >= 0.3 is 5.97 Å². The van der Waals surface area contributed by atoms with Crippen molar-refractivity contribution in [1.82, 2.24) is 0 Å². The van der Waals surface area contributed by atoms with Crippen LogP contribution in [0.1, 0.15) is 29.3 Å². The summed E-state index contributed by atoms with van der Waals surface area (Å²) >= 11 is 0. The van der Waals surface area contributed by atoms with Crippen LogP contribution < -0.4 is 9.47 Å². The standard InChI is InChI=1S/C19H20O5/c1-3-23-19(21)12-17(20)16-10-9-15(11-18(16)22-2)24-13-14-7-5-4-6-8-14/h4-11H,3,12-13H2,1-2H3. The molecule has 0 saturated heterocycles. The van der Waals surface area contributed by atoms with Gasteiger partial charge in [-0.25, -0.2) is 0 Å². The van der Waals surface area contributed by atoms with Crippen LogP contribution in [0.4, 0.5) is 0 Å². The summed E-state index contributed by atoms with van der Waals surface area (Å²) < 4.78 is 15.7. The van der Waals surface area contributed by atoms with E-state index < -0.39 is 5.97 Å². The van der Waals surface area contributed by atoms with Crippen LogP contribution in [0.2, 0.25) is 0 Å². The molecule has 0 spiro atoms. The number of carbonyl (C=O) groups is 2. The molecule has 0 atom stereocenters. The Kier molecular flexibility index (Phi) is 6.37. The Bertz CT molecular complexity index is 694. The number of methoxy groups -OCH3 is 1. The molecule has 0 fully saturated rings. The number of Topliss-reactive ketones (excluding diaryl/α,β-unsaturated/α-hetero) is 1. The normalized spacial score (nSPS) is 10.1. The molecule has 126 valence electrons. The van der Waals surface area contributed by atoms with Gasteiger partial charge in [0.25, 0.3) is 0 Å². The Balaban J connectivity index is 2.06. The van der Waals surface area contributed by atoms with Gasteiger partial charge in [0.05, 0.1) is 19.3 Å². The average molecular weight is 328 g/mol. The first-order chi connectivity index (χ1) is 11.6. The zero-order valence-electron chi connectivity index (χ0n) is 13.8. The predicted molar refractivity (Wildman–Crippen MR) is 89.3 cm³/mol. The van der Waals surface area contributed by atoms with Crippen LogP contribution in [0.25, 0.3) is 0 Å². The topological polar surface area (TPSA) is 61.8 Å². The summed E-state index contributed by atoms with van der Waals surface area (Å²) in [7, 11) is 1.47. The Morgan fingerprint density at radius 2 is 1.79 bits per heavy atom. The van der Waals surface area contributed by atoms with Crippen LogP contribution >= 0.6 is 0 Å². The molecular formula is C19H20O5. The summed E-state index contributed by atoms with van der Waals surface area (Å²) in [5, 5.41) is 0. The largest absolute Gasteiger partial charge is 0.496 e. The van der Waals surface area contributed by atoms with Crippen LogP contribution in [0, 0.1) is 0 Å². The van der Waals surface area contributed by atoms with Crippen molar-refractivity contribution in [3.05, 3.63) is 59.7 Å². The number of rotatable bonds is 8. The molecule has 24 heavy (non-hydrogen) atoms. The van der Waals surface area contributed by atoms with Gasteiger partial charge in [-0.2, -0.15) is 0 Å². The Labute approximate surface area is 141 Å². The second-order valence-corrected chi connectivity index (χ2v) is 5.04. The molecule has 0 unspecified atom stereocenters. The fraction of sp³-hybridized carbons (Fsp3) is 0.263. The summed E-state index contributed by atoms with van der Waals surface area (Å²) in [4.78, 5) is 23.6. The molecule has 0 aliphatic heterocycles. The smallest absolute Gasteiger partial charge is 0.313 e. The van der Waals surface area contributed by atoms with Crippen LogP contribution in [0.15, 0.2) is 48.5 Å². The minimum atomic E-state index is -0.547. The molecule has 0 radical (unpaired) electrons. The Morgan fingerprint density at radius 1 is 1.04 bits per heavy atom. The van der Waals surface area contributed by atoms with Gasteiger partial charge in [-0.05, 0) is 24.6 Å². The lowest BCUT2D eigenvalue weighted by Crippen LogP contribution is -2.12. The van der Waals surface area contributed by atoms with E-state index in [2.05, 4.69) is 0 Å². The van der Waals surface area contributed by atoms with E-state index >= 15 is 0 Å². The molecule has 0 heterocycles. The number of ether oxygens (including phenoxy) is 3. The van der Waals surface area contributed by atoms with E-state index in [-0.39, 0.29) is 18.8 Å². The number of ketones is 1. The highest BCUT2D eigenvalue weighted by Gasteiger charge is 2.17. The third-order valence-electron chi connectivity index (χ3n) is 3.33. The van der Waals surface area contributed by atoms with Crippen molar-refractivity contribution in [2.24, 2.45) is 0 Å². The van der Waals surface area contributed by atoms with Crippen LogP contribution in [0.5, 0.6) is 11.5 Å². The van der Waals surface area contributed by atoms with Gasteiger partial charge in [0.15, 0.2) is 5.78 Å². The van der Waals surface area contributed by atoms with Crippen LogP contribution in [-0.4, -0.2) is 25.5 Å². The molecule has 2 aromatic carbocycles. The molecule has 2 aromatic rings. The van der Waals surface area contributed by atoms with Crippen LogP contribution in [0.3, 0.4) is 0 Å². The number of esters is 1. The lowest BCUT2D eigenvalue weighted by molar-refractivity contribution is -0.141. The molecule has 5 nitrogen and oxygen atoms in total. The van der Waals surface area contributed by atoms with Gasteiger partial charge in [-0.1, -0.05) is 30.3 Å². The van der Waals surface area contributed by atoms with Gasteiger partial charge in [0.1, 0.15) is 24.5 Å². The van der Waals surface area contributed by atoms with Crippen molar-refractivity contribution in [2.75, 3.05) is 13.7 Å². The molecule has 2 rings (SSSR count). The molecule has 0 N–H and O–H groups in total. The lowest BCUT2D eigenvalue weighted by Gasteiger charge is -2.11. The second-order valence-electron chi connectivity index (χ2n) is 5.04. The zero-order valence-corrected chi connectivity index (χ0v) is 13.8. The third-order valence-corrected chi connectivity index (χ3v) is 3.33. The SMILES string of the molecule is CCOC(=O)CC(=O)c1ccc(OCc2ccccc2)cc1OC. The fourth-order valence-corrected chi connectivity index (χ4v) is 2.17. The van der Waals surface area contributed by atoms with Crippen molar-refractivity contribution >= 4 is 11.8 Å².